The molecule has 0 aromatic heterocycles. The van der Waals surface area contributed by atoms with Gasteiger partial charge in [-0.05, 0) is 35.8 Å². The fourth-order valence-electron chi connectivity index (χ4n) is 3.37. The number of rotatable bonds is 5. The molecule has 3 atom stereocenters. The zero-order valence-corrected chi connectivity index (χ0v) is 11.7. The fourth-order valence-corrected chi connectivity index (χ4v) is 3.37. The van der Waals surface area contributed by atoms with Crippen LogP contribution in [0.5, 0.6) is 0 Å². The van der Waals surface area contributed by atoms with Gasteiger partial charge in [-0.3, -0.25) is 11.3 Å². The molecule has 1 aromatic carbocycles. The van der Waals surface area contributed by atoms with Gasteiger partial charge in [0.05, 0.1) is 0 Å². The maximum atomic E-state index is 5.82. The largest absolute Gasteiger partial charge is 0.271 e. The average molecular weight is 246 g/mol. The van der Waals surface area contributed by atoms with E-state index in [-0.39, 0.29) is 0 Å². The first kappa shape index (κ1) is 13.6. The van der Waals surface area contributed by atoms with Crippen LogP contribution in [-0.4, -0.2) is 0 Å². The molecule has 1 aromatic rings. The second-order valence-electron chi connectivity index (χ2n) is 5.71. The van der Waals surface area contributed by atoms with E-state index in [1.54, 1.807) is 0 Å². The van der Waals surface area contributed by atoms with Crippen LogP contribution in [0.3, 0.4) is 0 Å². The van der Waals surface area contributed by atoms with Gasteiger partial charge < -0.3 is 0 Å². The molecule has 2 nitrogen and oxygen atoms in total. The predicted molar refractivity (Wildman–Crippen MR) is 77.0 cm³/mol. The molecule has 0 saturated heterocycles. The van der Waals surface area contributed by atoms with Crippen LogP contribution >= 0.6 is 0 Å². The van der Waals surface area contributed by atoms with Gasteiger partial charge in [-0.1, -0.05) is 57.4 Å². The van der Waals surface area contributed by atoms with Gasteiger partial charge in [-0.15, -0.1) is 0 Å². The van der Waals surface area contributed by atoms with E-state index in [9.17, 15) is 0 Å². The number of benzene rings is 1. The zero-order valence-electron chi connectivity index (χ0n) is 11.7. The quantitative estimate of drug-likeness (QED) is 0.615. The normalized spacial score (nSPS) is 25.3. The first-order valence-corrected chi connectivity index (χ1v) is 7.31. The van der Waals surface area contributed by atoms with E-state index in [0.717, 1.165) is 12.3 Å². The van der Waals surface area contributed by atoms with E-state index >= 15 is 0 Å². The Hall–Kier alpha value is -0.860. The lowest BCUT2D eigenvalue weighted by atomic mass is 9.85. The molecule has 0 aliphatic heterocycles. The summed E-state index contributed by atoms with van der Waals surface area (Å²) in [6.07, 6.45) is 6.35. The minimum absolute atomic E-state index is 0.319. The Morgan fingerprint density at radius 1 is 1.39 bits per heavy atom. The molecule has 0 bridgehead atoms. The summed E-state index contributed by atoms with van der Waals surface area (Å²) in [4.78, 5) is 0. The summed E-state index contributed by atoms with van der Waals surface area (Å²) in [6.45, 7) is 4.59. The third kappa shape index (κ3) is 2.93. The Morgan fingerprint density at radius 3 is 2.83 bits per heavy atom. The Balaban J connectivity index is 2.18. The number of nitrogens with one attached hydrogen (secondary N) is 1. The van der Waals surface area contributed by atoms with Gasteiger partial charge in [0.2, 0.25) is 0 Å². The number of hydrogen-bond donors (Lipinski definition) is 2. The number of nitrogens with two attached hydrogens (primary N) is 1. The minimum atomic E-state index is 0.319. The van der Waals surface area contributed by atoms with Crippen molar-refractivity contribution in [1.29, 1.82) is 0 Å². The molecule has 3 N–H and O–H groups in total. The molecule has 1 aliphatic rings. The molecular weight excluding hydrogens is 220 g/mol. The van der Waals surface area contributed by atoms with Gasteiger partial charge in [0.25, 0.3) is 0 Å². The highest BCUT2D eigenvalue weighted by molar-refractivity contribution is 5.27. The van der Waals surface area contributed by atoms with Gasteiger partial charge in [0, 0.05) is 6.04 Å². The highest BCUT2D eigenvalue weighted by Gasteiger charge is 2.31. The highest BCUT2D eigenvalue weighted by atomic mass is 15.2. The standard InChI is InChI=1S/C16H26N2/c1-3-6-13-8-5-9-14(11-13)16(18-17)15-10-4-7-12(15)2/h5,8-9,11-12,15-16,18H,3-4,6-7,10,17H2,1-2H3. The molecule has 0 heterocycles. The zero-order chi connectivity index (χ0) is 13.0. The summed E-state index contributed by atoms with van der Waals surface area (Å²) in [6, 6.07) is 9.26. The van der Waals surface area contributed by atoms with Crippen LogP contribution in [0.2, 0.25) is 0 Å². The third-order valence-electron chi connectivity index (χ3n) is 4.38. The Kier molecular flexibility index (Phi) is 4.79. The molecule has 0 radical (unpaired) electrons. The van der Waals surface area contributed by atoms with Crippen LogP contribution in [0.1, 0.15) is 56.7 Å². The number of hydrogen-bond acceptors (Lipinski definition) is 2. The summed E-state index contributed by atoms with van der Waals surface area (Å²) in [5.74, 6) is 7.29. The molecule has 0 spiro atoms. The van der Waals surface area contributed by atoms with Gasteiger partial charge >= 0.3 is 0 Å². The smallest absolute Gasteiger partial charge is 0.0490 e. The molecule has 1 saturated carbocycles. The summed E-state index contributed by atoms with van der Waals surface area (Å²) >= 11 is 0. The van der Waals surface area contributed by atoms with Crippen LogP contribution in [0, 0.1) is 11.8 Å². The monoisotopic (exact) mass is 246 g/mol. The lowest BCUT2D eigenvalue weighted by Gasteiger charge is -2.27. The van der Waals surface area contributed by atoms with E-state index in [0.29, 0.717) is 12.0 Å². The third-order valence-corrected chi connectivity index (χ3v) is 4.38. The van der Waals surface area contributed by atoms with Gasteiger partial charge in [0.1, 0.15) is 0 Å². The topological polar surface area (TPSA) is 38.0 Å². The van der Waals surface area contributed by atoms with Crippen molar-refractivity contribution in [3.63, 3.8) is 0 Å². The van der Waals surface area contributed by atoms with E-state index in [1.165, 1.54) is 36.8 Å². The van der Waals surface area contributed by atoms with E-state index in [2.05, 4.69) is 43.5 Å². The van der Waals surface area contributed by atoms with Crippen molar-refractivity contribution in [2.45, 2.75) is 52.0 Å². The Morgan fingerprint density at radius 2 is 2.22 bits per heavy atom. The van der Waals surface area contributed by atoms with Crippen molar-refractivity contribution in [2.24, 2.45) is 17.7 Å². The fraction of sp³-hybridized carbons (Fsp3) is 0.625. The maximum Gasteiger partial charge on any atom is 0.0490 e. The van der Waals surface area contributed by atoms with Crippen LogP contribution in [0.25, 0.3) is 0 Å². The molecule has 1 aliphatic carbocycles. The summed E-state index contributed by atoms with van der Waals surface area (Å²) in [5.41, 5.74) is 5.85. The molecule has 100 valence electrons. The summed E-state index contributed by atoms with van der Waals surface area (Å²) in [7, 11) is 0. The van der Waals surface area contributed by atoms with Crippen molar-refractivity contribution < 1.29 is 0 Å². The lowest BCUT2D eigenvalue weighted by Crippen LogP contribution is -2.34. The highest BCUT2D eigenvalue weighted by Crippen LogP contribution is 2.39. The average Bonchev–Trinajstić information content (AvgIpc) is 2.78. The second kappa shape index (κ2) is 6.35. The molecule has 1 fully saturated rings. The van der Waals surface area contributed by atoms with Gasteiger partial charge in [-0.25, -0.2) is 0 Å². The van der Waals surface area contributed by atoms with Crippen LogP contribution < -0.4 is 11.3 Å². The van der Waals surface area contributed by atoms with E-state index < -0.39 is 0 Å². The molecule has 2 heteroatoms. The van der Waals surface area contributed by atoms with Crippen molar-refractivity contribution in [3.05, 3.63) is 35.4 Å². The second-order valence-corrected chi connectivity index (χ2v) is 5.71. The number of aryl methyl sites for hydroxylation is 1. The van der Waals surface area contributed by atoms with Crippen LogP contribution in [0.15, 0.2) is 24.3 Å². The SMILES string of the molecule is CCCc1cccc(C(NN)C2CCCC2C)c1. The predicted octanol–water partition coefficient (Wildman–Crippen LogP) is 3.58. The van der Waals surface area contributed by atoms with Crippen LogP contribution in [0.4, 0.5) is 0 Å². The van der Waals surface area contributed by atoms with E-state index in [4.69, 9.17) is 5.84 Å². The van der Waals surface area contributed by atoms with Crippen molar-refractivity contribution in [3.8, 4) is 0 Å². The lowest BCUT2D eigenvalue weighted by molar-refractivity contribution is 0.304. The van der Waals surface area contributed by atoms with Crippen molar-refractivity contribution in [1.82, 2.24) is 5.43 Å². The molecule has 0 amide bonds. The first-order valence-electron chi connectivity index (χ1n) is 7.31. The van der Waals surface area contributed by atoms with Crippen molar-refractivity contribution in [2.75, 3.05) is 0 Å². The molecule has 18 heavy (non-hydrogen) atoms. The maximum absolute atomic E-state index is 5.82. The molecule has 3 unspecified atom stereocenters. The van der Waals surface area contributed by atoms with E-state index in [1.807, 2.05) is 0 Å². The molecule has 2 rings (SSSR count). The van der Waals surface area contributed by atoms with Crippen LogP contribution in [-0.2, 0) is 6.42 Å². The minimum Gasteiger partial charge on any atom is -0.271 e. The molecular formula is C16H26N2. The number of hydrazine groups is 1. The Labute approximate surface area is 111 Å². The Bertz CT molecular complexity index is 375. The first-order chi connectivity index (χ1) is 8.76. The summed E-state index contributed by atoms with van der Waals surface area (Å²) < 4.78 is 0. The van der Waals surface area contributed by atoms with Gasteiger partial charge in [-0.2, -0.15) is 0 Å². The van der Waals surface area contributed by atoms with Crippen molar-refractivity contribution >= 4 is 0 Å². The summed E-state index contributed by atoms with van der Waals surface area (Å²) in [5, 5.41) is 0. The van der Waals surface area contributed by atoms with Gasteiger partial charge in [0.15, 0.2) is 0 Å².